The molecule has 0 heterocycles. The van der Waals surface area contributed by atoms with Crippen LogP contribution >= 0.6 is 11.6 Å². The van der Waals surface area contributed by atoms with Crippen molar-refractivity contribution in [2.24, 2.45) is 5.73 Å². The monoisotopic (exact) mass is 304 g/mol. The summed E-state index contributed by atoms with van der Waals surface area (Å²) in [6.07, 6.45) is 0.813. The van der Waals surface area contributed by atoms with Gasteiger partial charge in [0.05, 0.1) is 12.7 Å². The number of ether oxygens (including phenoxy) is 2. The molecular formula is C16H17ClN2O2. The van der Waals surface area contributed by atoms with Crippen LogP contribution in [0.25, 0.3) is 0 Å². The first-order valence-electron chi connectivity index (χ1n) is 6.54. The van der Waals surface area contributed by atoms with Crippen LogP contribution in [-0.4, -0.2) is 12.9 Å². The number of methoxy groups -OCH3 is 1. The SMILES string of the molecule is CCc1cc(Oc2cc(OC)ccc2C(=N)N)ccc1Cl. The number of nitrogens with two attached hydrogens (primary N) is 1. The highest BCUT2D eigenvalue weighted by molar-refractivity contribution is 6.31. The lowest BCUT2D eigenvalue weighted by molar-refractivity contribution is 0.409. The van der Waals surface area contributed by atoms with E-state index in [2.05, 4.69) is 0 Å². The second-order valence-electron chi connectivity index (χ2n) is 4.48. The second kappa shape index (κ2) is 6.50. The number of aryl methyl sites for hydroxylation is 1. The Morgan fingerprint density at radius 1 is 1.19 bits per heavy atom. The average Bonchev–Trinajstić information content (AvgIpc) is 2.48. The van der Waals surface area contributed by atoms with E-state index in [0.717, 1.165) is 12.0 Å². The molecular weight excluding hydrogens is 288 g/mol. The van der Waals surface area contributed by atoms with Crippen LogP contribution in [0, 0.1) is 5.41 Å². The van der Waals surface area contributed by atoms with Crippen LogP contribution in [0.5, 0.6) is 17.2 Å². The van der Waals surface area contributed by atoms with E-state index in [1.54, 1.807) is 37.4 Å². The zero-order valence-electron chi connectivity index (χ0n) is 11.9. The van der Waals surface area contributed by atoms with Crippen molar-refractivity contribution in [2.75, 3.05) is 7.11 Å². The fourth-order valence-corrected chi connectivity index (χ4v) is 2.20. The number of hydrogen-bond acceptors (Lipinski definition) is 3. The van der Waals surface area contributed by atoms with Crippen LogP contribution in [0.2, 0.25) is 5.02 Å². The van der Waals surface area contributed by atoms with E-state index < -0.39 is 0 Å². The van der Waals surface area contributed by atoms with Gasteiger partial charge in [-0.15, -0.1) is 0 Å². The standard InChI is InChI=1S/C16H17ClN2O2/c1-3-10-8-12(5-7-14(10)17)21-15-9-11(20-2)4-6-13(15)16(18)19/h4-9H,3H2,1-2H3,(H3,18,19). The Bertz CT molecular complexity index is 671. The molecule has 2 aromatic rings. The maximum Gasteiger partial charge on any atom is 0.142 e. The summed E-state index contributed by atoms with van der Waals surface area (Å²) < 4.78 is 11.0. The lowest BCUT2D eigenvalue weighted by Crippen LogP contribution is -2.12. The van der Waals surface area contributed by atoms with Gasteiger partial charge in [0.1, 0.15) is 23.1 Å². The average molecular weight is 305 g/mol. The van der Waals surface area contributed by atoms with E-state index in [0.29, 0.717) is 27.8 Å². The Labute approximate surface area is 129 Å². The zero-order valence-corrected chi connectivity index (χ0v) is 12.7. The van der Waals surface area contributed by atoms with E-state index in [1.807, 2.05) is 13.0 Å². The van der Waals surface area contributed by atoms with Gasteiger partial charge in [-0.25, -0.2) is 0 Å². The molecule has 0 spiro atoms. The van der Waals surface area contributed by atoms with Gasteiger partial charge in [-0.2, -0.15) is 0 Å². The molecule has 0 unspecified atom stereocenters. The van der Waals surface area contributed by atoms with Crippen LogP contribution in [0.4, 0.5) is 0 Å². The molecule has 0 saturated heterocycles. The fourth-order valence-electron chi connectivity index (χ4n) is 1.95. The van der Waals surface area contributed by atoms with Crippen LogP contribution < -0.4 is 15.2 Å². The predicted octanol–water partition coefficient (Wildman–Crippen LogP) is 3.99. The summed E-state index contributed by atoms with van der Waals surface area (Å²) >= 11 is 6.10. The molecule has 0 radical (unpaired) electrons. The molecule has 0 fully saturated rings. The maximum atomic E-state index is 7.62. The Kier molecular flexibility index (Phi) is 4.70. The molecule has 0 saturated carbocycles. The van der Waals surface area contributed by atoms with Gasteiger partial charge in [0.15, 0.2) is 0 Å². The van der Waals surface area contributed by atoms with E-state index in [1.165, 1.54) is 0 Å². The minimum atomic E-state index is -0.0580. The van der Waals surface area contributed by atoms with Crippen LogP contribution in [-0.2, 0) is 6.42 Å². The molecule has 0 amide bonds. The first-order valence-corrected chi connectivity index (χ1v) is 6.91. The molecule has 21 heavy (non-hydrogen) atoms. The maximum absolute atomic E-state index is 7.62. The number of halogens is 1. The molecule has 0 aliphatic heterocycles. The number of benzene rings is 2. The third-order valence-electron chi connectivity index (χ3n) is 3.10. The van der Waals surface area contributed by atoms with Gasteiger partial charge in [-0.05, 0) is 42.3 Å². The predicted molar refractivity (Wildman–Crippen MR) is 84.9 cm³/mol. The molecule has 110 valence electrons. The molecule has 0 aromatic heterocycles. The van der Waals surface area contributed by atoms with Crippen LogP contribution in [0.15, 0.2) is 36.4 Å². The number of nitrogen functional groups attached to an aromatic ring is 1. The highest BCUT2D eigenvalue weighted by atomic mass is 35.5. The number of amidine groups is 1. The van der Waals surface area contributed by atoms with E-state index in [4.69, 9.17) is 32.2 Å². The van der Waals surface area contributed by atoms with Crippen molar-refractivity contribution in [1.29, 1.82) is 5.41 Å². The van der Waals surface area contributed by atoms with E-state index >= 15 is 0 Å². The first kappa shape index (κ1) is 15.2. The Morgan fingerprint density at radius 2 is 1.90 bits per heavy atom. The minimum absolute atomic E-state index is 0.0580. The molecule has 2 rings (SSSR count). The molecule has 0 atom stereocenters. The van der Waals surface area contributed by atoms with E-state index in [-0.39, 0.29) is 5.84 Å². The van der Waals surface area contributed by atoms with Gasteiger partial charge in [0, 0.05) is 11.1 Å². The van der Waals surface area contributed by atoms with Crippen LogP contribution in [0.1, 0.15) is 18.1 Å². The minimum Gasteiger partial charge on any atom is -0.497 e. The third kappa shape index (κ3) is 3.47. The summed E-state index contributed by atoms with van der Waals surface area (Å²) in [5.74, 6) is 1.70. The number of rotatable bonds is 5. The van der Waals surface area contributed by atoms with Gasteiger partial charge in [-0.3, -0.25) is 5.41 Å². The van der Waals surface area contributed by atoms with E-state index in [9.17, 15) is 0 Å². The summed E-state index contributed by atoms with van der Waals surface area (Å²) in [5, 5.41) is 8.33. The van der Waals surface area contributed by atoms with Crippen molar-refractivity contribution < 1.29 is 9.47 Å². The largest absolute Gasteiger partial charge is 0.497 e. The topological polar surface area (TPSA) is 68.3 Å². The Balaban J connectivity index is 2.40. The molecule has 0 bridgehead atoms. The molecule has 2 aromatic carbocycles. The van der Waals surface area contributed by atoms with Gasteiger partial charge in [0.2, 0.25) is 0 Å². The summed E-state index contributed by atoms with van der Waals surface area (Å²) in [6.45, 7) is 2.03. The quantitative estimate of drug-likeness (QED) is 0.648. The summed E-state index contributed by atoms with van der Waals surface area (Å²) in [5.41, 5.74) is 7.10. The lowest BCUT2D eigenvalue weighted by Gasteiger charge is -2.13. The second-order valence-corrected chi connectivity index (χ2v) is 4.89. The zero-order chi connectivity index (χ0) is 15.4. The van der Waals surface area contributed by atoms with Crippen molar-refractivity contribution in [1.82, 2.24) is 0 Å². The van der Waals surface area contributed by atoms with Crippen molar-refractivity contribution in [3.8, 4) is 17.2 Å². The van der Waals surface area contributed by atoms with Gasteiger partial charge in [0.25, 0.3) is 0 Å². The summed E-state index contributed by atoms with van der Waals surface area (Å²) in [7, 11) is 1.57. The van der Waals surface area contributed by atoms with Crippen molar-refractivity contribution in [3.63, 3.8) is 0 Å². The Hall–Kier alpha value is -2.20. The van der Waals surface area contributed by atoms with Gasteiger partial charge >= 0.3 is 0 Å². The fraction of sp³-hybridized carbons (Fsp3) is 0.188. The lowest BCUT2D eigenvalue weighted by atomic mass is 10.1. The highest BCUT2D eigenvalue weighted by Gasteiger charge is 2.10. The molecule has 3 N–H and O–H groups in total. The molecule has 4 nitrogen and oxygen atoms in total. The summed E-state index contributed by atoms with van der Waals surface area (Å²) in [6, 6.07) is 10.6. The van der Waals surface area contributed by atoms with Gasteiger partial charge in [-0.1, -0.05) is 18.5 Å². The molecule has 0 aliphatic carbocycles. The van der Waals surface area contributed by atoms with Crippen molar-refractivity contribution in [3.05, 3.63) is 52.5 Å². The Morgan fingerprint density at radius 3 is 2.52 bits per heavy atom. The summed E-state index contributed by atoms with van der Waals surface area (Å²) in [4.78, 5) is 0. The smallest absolute Gasteiger partial charge is 0.142 e. The van der Waals surface area contributed by atoms with Gasteiger partial charge < -0.3 is 15.2 Å². The molecule has 0 aliphatic rings. The number of hydrogen-bond donors (Lipinski definition) is 2. The molecule has 5 heteroatoms. The third-order valence-corrected chi connectivity index (χ3v) is 3.47. The highest BCUT2D eigenvalue weighted by Crippen LogP contribution is 2.31. The first-order chi connectivity index (χ1) is 10.0. The normalized spacial score (nSPS) is 10.2. The number of nitrogens with one attached hydrogen (secondary N) is 1. The van der Waals surface area contributed by atoms with Crippen molar-refractivity contribution >= 4 is 17.4 Å². The van der Waals surface area contributed by atoms with Crippen LogP contribution in [0.3, 0.4) is 0 Å². The van der Waals surface area contributed by atoms with Crippen molar-refractivity contribution in [2.45, 2.75) is 13.3 Å².